The van der Waals surface area contributed by atoms with Crippen molar-refractivity contribution < 1.29 is 0 Å². The fraction of sp³-hybridized carbons (Fsp3) is 0.353. The van der Waals surface area contributed by atoms with Gasteiger partial charge >= 0.3 is 0 Å². The summed E-state index contributed by atoms with van der Waals surface area (Å²) in [4.78, 5) is 0. The highest BCUT2D eigenvalue weighted by molar-refractivity contribution is 5.73. The molecule has 1 heteroatoms. The predicted octanol–water partition coefficient (Wildman–Crippen LogP) is 5.15. The molecule has 0 bridgehead atoms. The van der Waals surface area contributed by atoms with Gasteiger partial charge in [0.1, 0.15) is 0 Å². The number of nitrogens with zero attached hydrogens (tertiary/aromatic N) is 1. The van der Waals surface area contributed by atoms with Crippen LogP contribution < -0.4 is 0 Å². The summed E-state index contributed by atoms with van der Waals surface area (Å²) >= 11 is 0. The molecule has 0 spiro atoms. The van der Waals surface area contributed by atoms with Crippen LogP contribution in [-0.4, -0.2) is 0 Å². The highest BCUT2D eigenvalue weighted by atomic mass is 14.2. The summed E-state index contributed by atoms with van der Waals surface area (Å²) in [5.41, 5.74) is 3.53. The Hall–Kier alpha value is -1.81. The number of rotatable bonds is 4. The summed E-state index contributed by atoms with van der Waals surface area (Å²) in [6, 6.07) is 10.3. The van der Waals surface area contributed by atoms with E-state index >= 15 is 0 Å². The molecule has 1 aromatic rings. The van der Waals surface area contributed by atoms with E-state index in [1.54, 1.807) is 0 Å². The molecular formula is C17H23N. The van der Waals surface area contributed by atoms with Crippen molar-refractivity contribution in [2.75, 3.05) is 0 Å². The molecule has 1 nitrogen and oxygen atoms in total. The van der Waals surface area contributed by atoms with E-state index in [1.807, 2.05) is 39.0 Å². The molecule has 0 aromatic heterocycles. The van der Waals surface area contributed by atoms with Crippen molar-refractivity contribution in [2.24, 2.45) is 0 Å². The molecule has 0 saturated carbocycles. The standard InChI is InChI=1S/C15H17N.C2H6/c1-3-5-14(6-4-2)15-9-7-13(8-10-15)11-12-16;1-2/h3,5-10H,4,11H2,1-2H3;1-2H3/b5-3-,14-6+;. The first-order valence-corrected chi connectivity index (χ1v) is 6.61. The second kappa shape index (κ2) is 10.4. The lowest BCUT2D eigenvalue weighted by atomic mass is 10.0. The van der Waals surface area contributed by atoms with E-state index in [-0.39, 0.29) is 0 Å². The van der Waals surface area contributed by atoms with Crippen molar-refractivity contribution >= 4 is 5.57 Å². The maximum atomic E-state index is 8.59. The summed E-state index contributed by atoms with van der Waals surface area (Å²) in [5, 5.41) is 8.59. The van der Waals surface area contributed by atoms with Crippen molar-refractivity contribution in [3.63, 3.8) is 0 Å². The molecule has 0 aliphatic rings. The number of nitriles is 1. The average Bonchev–Trinajstić information content (AvgIpc) is 2.42. The molecule has 0 unspecified atom stereocenters. The molecule has 0 aliphatic heterocycles. The van der Waals surface area contributed by atoms with Gasteiger partial charge < -0.3 is 0 Å². The quantitative estimate of drug-likeness (QED) is 0.669. The van der Waals surface area contributed by atoms with Crippen molar-refractivity contribution in [2.45, 2.75) is 40.5 Å². The lowest BCUT2D eigenvalue weighted by Gasteiger charge is -2.03. The van der Waals surface area contributed by atoms with E-state index in [2.05, 4.69) is 37.3 Å². The summed E-state index contributed by atoms with van der Waals surface area (Å²) in [5.74, 6) is 0. The van der Waals surface area contributed by atoms with Gasteiger partial charge in [-0.05, 0) is 30.0 Å². The first-order valence-electron chi connectivity index (χ1n) is 6.61. The van der Waals surface area contributed by atoms with Crippen LogP contribution in [0.1, 0.15) is 45.2 Å². The first-order chi connectivity index (χ1) is 8.81. The van der Waals surface area contributed by atoms with Gasteiger partial charge in [-0.25, -0.2) is 0 Å². The van der Waals surface area contributed by atoms with Crippen molar-refractivity contribution in [3.05, 3.63) is 53.6 Å². The van der Waals surface area contributed by atoms with Gasteiger partial charge in [0.2, 0.25) is 0 Å². The fourth-order valence-electron chi connectivity index (χ4n) is 1.59. The Morgan fingerprint density at radius 3 is 2.28 bits per heavy atom. The smallest absolute Gasteiger partial charge is 0.0669 e. The van der Waals surface area contributed by atoms with Crippen molar-refractivity contribution in [1.82, 2.24) is 0 Å². The van der Waals surface area contributed by atoms with E-state index in [1.165, 1.54) is 11.1 Å². The summed E-state index contributed by atoms with van der Waals surface area (Å²) in [6.07, 6.45) is 7.88. The maximum Gasteiger partial charge on any atom is 0.0669 e. The van der Waals surface area contributed by atoms with E-state index in [0.29, 0.717) is 6.42 Å². The van der Waals surface area contributed by atoms with Crippen molar-refractivity contribution in [1.29, 1.82) is 5.26 Å². The molecule has 0 radical (unpaired) electrons. The lowest BCUT2D eigenvalue weighted by molar-refractivity contribution is 1.22. The third-order valence-electron chi connectivity index (χ3n) is 2.34. The molecule has 0 atom stereocenters. The van der Waals surface area contributed by atoms with Crippen LogP contribution in [0.5, 0.6) is 0 Å². The van der Waals surface area contributed by atoms with Gasteiger partial charge in [0.15, 0.2) is 0 Å². The van der Waals surface area contributed by atoms with Gasteiger partial charge in [0.25, 0.3) is 0 Å². The second-order valence-corrected chi connectivity index (χ2v) is 3.60. The summed E-state index contributed by atoms with van der Waals surface area (Å²) in [7, 11) is 0. The fourth-order valence-corrected chi connectivity index (χ4v) is 1.59. The minimum atomic E-state index is 0.483. The molecular weight excluding hydrogens is 218 g/mol. The van der Waals surface area contributed by atoms with E-state index in [4.69, 9.17) is 5.26 Å². The Labute approximate surface area is 111 Å². The van der Waals surface area contributed by atoms with Crippen LogP contribution in [0.3, 0.4) is 0 Å². The third-order valence-corrected chi connectivity index (χ3v) is 2.34. The van der Waals surface area contributed by atoms with E-state index in [0.717, 1.165) is 12.0 Å². The Bertz CT molecular complexity index is 416. The van der Waals surface area contributed by atoms with Crippen LogP contribution in [-0.2, 0) is 6.42 Å². The molecule has 1 rings (SSSR count). The average molecular weight is 241 g/mol. The predicted molar refractivity (Wildman–Crippen MR) is 80.2 cm³/mol. The number of allylic oxidation sites excluding steroid dienone is 4. The van der Waals surface area contributed by atoms with Gasteiger partial charge in [0.05, 0.1) is 12.5 Å². The Kier molecular flexibility index (Phi) is 9.31. The second-order valence-electron chi connectivity index (χ2n) is 3.60. The molecule has 0 heterocycles. The summed E-state index contributed by atoms with van der Waals surface area (Å²) in [6.45, 7) is 8.15. The normalized spacial score (nSPS) is 10.7. The molecule has 0 saturated heterocycles. The zero-order valence-corrected chi connectivity index (χ0v) is 11.9. The van der Waals surface area contributed by atoms with Crippen LogP contribution in [0.4, 0.5) is 0 Å². The molecule has 1 aromatic carbocycles. The van der Waals surface area contributed by atoms with Crippen molar-refractivity contribution in [3.8, 4) is 6.07 Å². The van der Waals surface area contributed by atoms with Gasteiger partial charge in [-0.2, -0.15) is 5.26 Å². The van der Waals surface area contributed by atoms with Gasteiger partial charge in [-0.3, -0.25) is 0 Å². The first kappa shape index (κ1) is 16.2. The van der Waals surface area contributed by atoms with Crippen LogP contribution in [0, 0.1) is 11.3 Å². The lowest BCUT2D eigenvalue weighted by Crippen LogP contribution is -1.84. The Morgan fingerprint density at radius 2 is 1.83 bits per heavy atom. The maximum absolute atomic E-state index is 8.59. The third kappa shape index (κ3) is 5.50. The topological polar surface area (TPSA) is 23.8 Å². The number of hydrogen-bond acceptors (Lipinski definition) is 1. The van der Waals surface area contributed by atoms with E-state index in [9.17, 15) is 0 Å². The molecule has 0 fully saturated rings. The summed E-state index contributed by atoms with van der Waals surface area (Å²) < 4.78 is 0. The number of benzene rings is 1. The van der Waals surface area contributed by atoms with Crippen LogP contribution in [0.2, 0.25) is 0 Å². The molecule has 0 aliphatic carbocycles. The largest absolute Gasteiger partial charge is 0.198 e. The molecule has 0 N–H and O–H groups in total. The van der Waals surface area contributed by atoms with Gasteiger partial charge in [-0.1, -0.05) is 63.3 Å². The zero-order chi connectivity index (χ0) is 13.8. The molecule has 0 amide bonds. The Balaban J connectivity index is 0.00000137. The minimum Gasteiger partial charge on any atom is -0.198 e. The van der Waals surface area contributed by atoms with Gasteiger partial charge in [-0.15, -0.1) is 0 Å². The Morgan fingerprint density at radius 1 is 1.22 bits per heavy atom. The van der Waals surface area contributed by atoms with E-state index < -0.39 is 0 Å². The van der Waals surface area contributed by atoms with Crippen LogP contribution in [0.15, 0.2) is 42.5 Å². The minimum absolute atomic E-state index is 0.483. The molecule has 96 valence electrons. The highest BCUT2D eigenvalue weighted by Crippen LogP contribution is 2.17. The van der Waals surface area contributed by atoms with Crippen LogP contribution >= 0.6 is 0 Å². The van der Waals surface area contributed by atoms with Crippen LogP contribution in [0.25, 0.3) is 5.57 Å². The molecule has 18 heavy (non-hydrogen) atoms. The van der Waals surface area contributed by atoms with Gasteiger partial charge in [0, 0.05) is 0 Å². The zero-order valence-electron chi connectivity index (χ0n) is 11.9. The monoisotopic (exact) mass is 241 g/mol. The number of hydrogen-bond donors (Lipinski definition) is 0. The SMILES string of the molecule is C/C=C\C(=C/CC)c1ccc(CC#N)cc1.CC. The highest BCUT2D eigenvalue weighted by Gasteiger charge is 1.97.